The number of ether oxygens (including phenoxy) is 2. The van der Waals surface area contributed by atoms with E-state index < -0.39 is 5.79 Å². The lowest BCUT2D eigenvalue weighted by atomic mass is 9.87. The Morgan fingerprint density at radius 1 is 0.792 bits per heavy atom. The van der Waals surface area contributed by atoms with Gasteiger partial charge in [-0.1, -0.05) is 43.5 Å². The fraction of sp³-hybridized carbons (Fsp3) is 0.700. The number of thioether (sulfide) groups is 2. The maximum atomic E-state index is 5.79. The van der Waals surface area contributed by atoms with Gasteiger partial charge in [0.25, 0.3) is 0 Å². The predicted octanol–water partition coefficient (Wildman–Crippen LogP) is 5.35. The van der Waals surface area contributed by atoms with Gasteiger partial charge < -0.3 is 9.47 Å². The van der Waals surface area contributed by atoms with Gasteiger partial charge in [-0.2, -0.15) is 0 Å². The molecule has 2 aliphatic heterocycles. The molecule has 2 aliphatic carbocycles. The standard InChI is InChI=1S/C12H14O2.C8H14S2/c1-2-6-11-10(4-1)5-3-7-12(11)13-8-9-14-12;1-2-4-8(5-3-1)9-6-7-10-8/h1-2,4,6H,3,5,7-9H2;1-7H2. The van der Waals surface area contributed by atoms with E-state index in [0.717, 1.165) is 32.5 Å². The highest BCUT2D eigenvalue weighted by Crippen LogP contribution is 2.52. The van der Waals surface area contributed by atoms with E-state index in [4.69, 9.17) is 9.47 Å². The number of rotatable bonds is 0. The zero-order chi connectivity index (χ0) is 16.3. The molecule has 2 saturated heterocycles. The number of benzene rings is 1. The van der Waals surface area contributed by atoms with Crippen molar-refractivity contribution < 1.29 is 9.47 Å². The van der Waals surface area contributed by atoms with Crippen LogP contribution in [-0.2, 0) is 21.7 Å². The third kappa shape index (κ3) is 3.53. The second-order valence-corrected chi connectivity index (χ2v) is 10.3. The maximum Gasteiger partial charge on any atom is 0.195 e. The molecule has 0 atom stereocenters. The van der Waals surface area contributed by atoms with E-state index in [1.807, 2.05) is 0 Å². The highest BCUT2D eigenvalue weighted by Gasteiger charge is 2.41. The summed E-state index contributed by atoms with van der Waals surface area (Å²) in [7, 11) is 0. The molecule has 5 rings (SSSR count). The van der Waals surface area contributed by atoms with Gasteiger partial charge in [-0.25, -0.2) is 0 Å². The van der Waals surface area contributed by atoms with Crippen LogP contribution in [0.4, 0.5) is 0 Å². The first-order valence-electron chi connectivity index (χ1n) is 9.46. The smallest absolute Gasteiger partial charge is 0.195 e. The molecule has 0 aromatic heterocycles. The zero-order valence-electron chi connectivity index (χ0n) is 14.4. The normalized spacial score (nSPS) is 26.8. The largest absolute Gasteiger partial charge is 0.343 e. The molecule has 0 amide bonds. The molecular weight excluding hydrogens is 336 g/mol. The van der Waals surface area contributed by atoms with Crippen LogP contribution in [0, 0.1) is 0 Å². The van der Waals surface area contributed by atoms with Crippen LogP contribution in [0.25, 0.3) is 0 Å². The van der Waals surface area contributed by atoms with E-state index >= 15 is 0 Å². The molecular formula is C20H28O2S2. The summed E-state index contributed by atoms with van der Waals surface area (Å²) >= 11 is 4.46. The van der Waals surface area contributed by atoms with E-state index in [-0.39, 0.29) is 0 Å². The van der Waals surface area contributed by atoms with Gasteiger partial charge in [0.1, 0.15) is 0 Å². The molecule has 3 fully saturated rings. The lowest BCUT2D eigenvalue weighted by Crippen LogP contribution is -2.31. The number of fused-ring (bicyclic) bond motifs is 2. The highest BCUT2D eigenvalue weighted by atomic mass is 32.2. The lowest BCUT2D eigenvalue weighted by Gasteiger charge is -2.33. The fourth-order valence-electron chi connectivity index (χ4n) is 4.39. The van der Waals surface area contributed by atoms with Gasteiger partial charge in [0.2, 0.25) is 0 Å². The first-order chi connectivity index (χ1) is 11.8. The van der Waals surface area contributed by atoms with Gasteiger partial charge in [0.05, 0.1) is 17.3 Å². The van der Waals surface area contributed by atoms with Gasteiger partial charge in [0.15, 0.2) is 5.79 Å². The second kappa shape index (κ2) is 7.61. The lowest BCUT2D eigenvalue weighted by molar-refractivity contribution is -0.175. The van der Waals surface area contributed by atoms with Crippen LogP contribution in [0.3, 0.4) is 0 Å². The molecule has 0 bridgehead atoms. The van der Waals surface area contributed by atoms with Crippen LogP contribution in [0.1, 0.15) is 56.1 Å². The summed E-state index contributed by atoms with van der Waals surface area (Å²) in [6.45, 7) is 1.46. The van der Waals surface area contributed by atoms with E-state index in [2.05, 4.69) is 47.8 Å². The van der Waals surface area contributed by atoms with Crippen molar-refractivity contribution in [3.63, 3.8) is 0 Å². The Labute approximate surface area is 154 Å². The summed E-state index contributed by atoms with van der Waals surface area (Å²) < 4.78 is 12.3. The Kier molecular flexibility index (Phi) is 5.47. The Morgan fingerprint density at radius 2 is 1.50 bits per heavy atom. The Bertz CT molecular complexity index is 540. The van der Waals surface area contributed by atoms with Crippen LogP contribution < -0.4 is 0 Å². The molecule has 1 saturated carbocycles. The summed E-state index contributed by atoms with van der Waals surface area (Å²) in [4.78, 5) is 0. The molecule has 2 heterocycles. The van der Waals surface area contributed by atoms with Crippen molar-refractivity contribution in [1.82, 2.24) is 0 Å². The van der Waals surface area contributed by atoms with E-state index in [9.17, 15) is 0 Å². The zero-order valence-corrected chi connectivity index (χ0v) is 16.1. The topological polar surface area (TPSA) is 18.5 Å². The molecule has 1 aromatic carbocycles. The van der Waals surface area contributed by atoms with Gasteiger partial charge in [-0.3, -0.25) is 0 Å². The second-order valence-electron chi connectivity index (χ2n) is 7.13. The highest BCUT2D eigenvalue weighted by molar-refractivity contribution is 8.21. The first-order valence-corrected chi connectivity index (χ1v) is 11.4. The van der Waals surface area contributed by atoms with Crippen molar-refractivity contribution in [3.05, 3.63) is 35.4 Å². The molecule has 4 aliphatic rings. The minimum Gasteiger partial charge on any atom is -0.343 e. The van der Waals surface area contributed by atoms with Crippen LogP contribution in [0.15, 0.2) is 24.3 Å². The van der Waals surface area contributed by atoms with E-state index in [1.165, 1.54) is 54.7 Å². The molecule has 132 valence electrons. The Balaban J connectivity index is 0.000000129. The van der Waals surface area contributed by atoms with Crippen LogP contribution in [0.5, 0.6) is 0 Å². The van der Waals surface area contributed by atoms with Crippen molar-refractivity contribution in [2.45, 2.75) is 61.2 Å². The third-order valence-corrected chi connectivity index (χ3v) is 9.21. The molecule has 0 unspecified atom stereocenters. The van der Waals surface area contributed by atoms with Crippen LogP contribution >= 0.6 is 23.5 Å². The first kappa shape index (κ1) is 17.3. The van der Waals surface area contributed by atoms with Gasteiger partial charge >= 0.3 is 0 Å². The predicted molar refractivity (Wildman–Crippen MR) is 104 cm³/mol. The van der Waals surface area contributed by atoms with Crippen molar-refractivity contribution in [1.29, 1.82) is 0 Å². The average molecular weight is 365 g/mol. The summed E-state index contributed by atoms with van der Waals surface area (Å²) in [6, 6.07) is 8.48. The molecule has 0 N–H and O–H groups in total. The van der Waals surface area contributed by atoms with Gasteiger partial charge in [-0.05, 0) is 31.2 Å². The average Bonchev–Trinajstić information content (AvgIpc) is 3.28. The van der Waals surface area contributed by atoms with Gasteiger partial charge in [0, 0.05) is 23.5 Å². The minimum atomic E-state index is -0.394. The van der Waals surface area contributed by atoms with Crippen molar-refractivity contribution in [3.8, 4) is 0 Å². The molecule has 24 heavy (non-hydrogen) atoms. The number of aryl methyl sites for hydroxylation is 1. The van der Waals surface area contributed by atoms with Crippen LogP contribution in [-0.4, -0.2) is 28.8 Å². The summed E-state index contributed by atoms with van der Waals surface area (Å²) in [5.74, 6) is 2.42. The Morgan fingerprint density at radius 3 is 2.25 bits per heavy atom. The Hall–Kier alpha value is -0.160. The molecule has 2 spiro atoms. The number of hydrogen-bond acceptors (Lipinski definition) is 4. The third-order valence-electron chi connectivity index (χ3n) is 5.56. The van der Waals surface area contributed by atoms with Gasteiger partial charge in [-0.15, -0.1) is 23.5 Å². The molecule has 0 radical (unpaired) electrons. The summed E-state index contributed by atoms with van der Waals surface area (Å²) in [5, 5.41) is 0. The fourth-order valence-corrected chi connectivity index (χ4v) is 7.79. The number of hydrogen-bond donors (Lipinski definition) is 0. The van der Waals surface area contributed by atoms with Crippen molar-refractivity contribution in [2.75, 3.05) is 24.7 Å². The van der Waals surface area contributed by atoms with Crippen molar-refractivity contribution >= 4 is 23.5 Å². The van der Waals surface area contributed by atoms with E-state index in [0.29, 0.717) is 4.08 Å². The maximum absolute atomic E-state index is 5.79. The molecule has 2 nitrogen and oxygen atoms in total. The van der Waals surface area contributed by atoms with Crippen LogP contribution in [0.2, 0.25) is 0 Å². The minimum absolute atomic E-state index is 0.394. The van der Waals surface area contributed by atoms with E-state index in [1.54, 1.807) is 0 Å². The van der Waals surface area contributed by atoms with Crippen molar-refractivity contribution in [2.24, 2.45) is 0 Å². The summed E-state index contributed by atoms with van der Waals surface area (Å²) in [6.07, 6.45) is 10.8. The SMILES string of the molecule is C1CCC2(CC1)SCCS2.c1ccc2c(c1)CCCC21OCCO1. The quantitative estimate of drug-likeness (QED) is 0.617. The summed E-state index contributed by atoms with van der Waals surface area (Å²) in [5.41, 5.74) is 2.64. The monoisotopic (exact) mass is 364 g/mol. The molecule has 1 aromatic rings. The molecule has 4 heteroatoms.